The van der Waals surface area contributed by atoms with Gasteiger partial charge in [-0.2, -0.15) is 0 Å². The van der Waals surface area contributed by atoms with Gasteiger partial charge in [-0.1, -0.05) is 23.4 Å². The van der Waals surface area contributed by atoms with E-state index in [2.05, 4.69) is 15.5 Å². The molecule has 118 valence electrons. The standard InChI is InChI=1S/C17H11N3O3S/c21-11-5-3-4-10(8-11)19-16(22)14-9-18-17(24-14)15-12-6-1-2-7-13(12)23-20-15/h1-9,21H,(H,19,22). The highest BCUT2D eigenvalue weighted by molar-refractivity contribution is 7.17. The third-order valence-corrected chi connectivity index (χ3v) is 4.42. The van der Waals surface area contributed by atoms with Crippen molar-refractivity contribution < 1.29 is 14.4 Å². The van der Waals surface area contributed by atoms with Crippen LogP contribution in [0.2, 0.25) is 0 Å². The Morgan fingerprint density at radius 2 is 2.04 bits per heavy atom. The molecule has 0 fully saturated rings. The summed E-state index contributed by atoms with van der Waals surface area (Å²) >= 11 is 1.23. The van der Waals surface area contributed by atoms with Crippen molar-refractivity contribution >= 4 is 33.9 Å². The van der Waals surface area contributed by atoms with Gasteiger partial charge in [0.15, 0.2) is 5.58 Å². The van der Waals surface area contributed by atoms with Gasteiger partial charge in [0.2, 0.25) is 0 Å². The first-order valence-electron chi connectivity index (χ1n) is 7.12. The van der Waals surface area contributed by atoms with E-state index < -0.39 is 0 Å². The van der Waals surface area contributed by atoms with Crippen LogP contribution in [0.25, 0.3) is 21.7 Å². The predicted molar refractivity (Wildman–Crippen MR) is 91.2 cm³/mol. The lowest BCUT2D eigenvalue weighted by Gasteiger charge is -2.03. The van der Waals surface area contributed by atoms with E-state index >= 15 is 0 Å². The molecule has 0 aliphatic carbocycles. The quantitative estimate of drug-likeness (QED) is 0.592. The number of hydrogen-bond acceptors (Lipinski definition) is 6. The number of para-hydroxylation sites is 1. The number of phenols is 1. The number of fused-ring (bicyclic) bond motifs is 1. The zero-order valence-corrected chi connectivity index (χ0v) is 13.1. The molecule has 0 atom stereocenters. The van der Waals surface area contributed by atoms with Crippen molar-refractivity contribution in [1.82, 2.24) is 10.1 Å². The molecule has 2 aromatic heterocycles. The van der Waals surface area contributed by atoms with Crippen LogP contribution in [0.3, 0.4) is 0 Å². The van der Waals surface area contributed by atoms with Gasteiger partial charge in [0, 0.05) is 11.8 Å². The fourth-order valence-corrected chi connectivity index (χ4v) is 3.11. The number of amides is 1. The fraction of sp³-hybridized carbons (Fsp3) is 0. The van der Waals surface area contributed by atoms with Crippen LogP contribution in [0.5, 0.6) is 5.75 Å². The van der Waals surface area contributed by atoms with Crippen molar-refractivity contribution in [3.63, 3.8) is 0 Å². The number of rotatable bonds is 3. The predicted octanol–water partition coefficient (Wildman–Crippen LogP) is 3.91. The molecule has 1 amide bonds. The Labute approximate surface area is 140 Å². The molecular formula is C17H11N3O3S. The number of anilines is 1. The summed E-state index contributed by atoms with van der Waals surface area (Å²) < 4.78 is 5.27. The molecule has 2 aromatic carbocycles. The lowest BCUT2D eigenvalue weighted by Crippen LogP contribution is -2.09. The van der Waals surface area contributed by atoms with Gasteiger partial charge in [-0.3, -0.25) is 4.79 Å². The molecule has 0 unspecified atom stereocenters. The van der Waals surface area contributed by atoms with Gasteiger partial charge >= 0.3 is 0 Å². The summed E-state index contributed by atoms with van der Waals surface area (Å²) in [5, 5.41) is 17.7. The maximum absolute atomic E-state index is 12.3. The number of carbonyl (C=O) groups is 1. The van der Waals surface area contributed by atoms with Gasteiger partial charge in [0.25, 0.3) is 5.91 Å². The minimum Gasteiger partial charge on any atom is -0.508 e. The Morgan fingerprint density at radius 1 is 1.17 bits per heavy atom. The molecule has 24 heavy (non-hydrogen) atoms. The third-order valence-electron chi connectivity index (χ3n) is 3.41. The van der Waals surface area contributed by atoms with Gasteiger partial charge in [-0.25, -0.2) is 4.98 Å². The van der Waals surface area contributed by atoms with Crippen LogP contribution >= 0.6 is 11.3 Å². The zero-order chi connectivity index (χ0) is 16.5. The number of nitrogens with one attached hydrogen (secondary N) is 1. The Bertz CT molecular complexity index is 1040. The maximum atomic E-state index is 12.3. The van der Waals surface area contributed by atoms with Crippen LogP contribution in [-0.4, -0.2) is 21.2 Å². The van der Waals surface area contributed by atoms with Crippen LogP contribution in [0.4, 0.5) is 5.69 Å². The summed E-state index contributed by atoms with van der Waals surface area (Å²) in [6.07, 6.45) is 1.50. The molecule has 0 saturated carbocycles. The van der Waals surface area contributed by atoms with E-state index in [0.717, 1.165) is 5.39 Å². The molecule has 2 heterocycles. The number of phenolic OH excluding ortho intramolecular Hbond substituents is 1. The van der Waals surface area contributed by atoms with E-state index in [4.69, 9.17) is 4.52 Å². The summed E-state index contributed by atoms with van der Waals surface area (Å²) in [5.41, 5.74) is 1.81. The minimum atomic E-state index is -0.294. The third kappa shape index (κ3) is 2.61. The minimum absolute atomic E-state index is 0.0897. The topological polar surface area (TPSA) is 88.2 Å². The summed E-state index contributed by atoms with van der Waals surface area (Å²) in [7, 11) is 0. The second-order valence-corrected chi connectivity index (χ2v) is 6.09. The Hall–Kier alpha value is -3.19. The molecule has 0 aliphatic rings. The molecule has 4 rings (SSSR count). The Balaban J connectivity index is 1.61. The van der Waals surface area contributed by atoms with E-state index in [1.165, 1.54) is 29.7 Å². The summed E-state index contributed by atoms with van der Waals surface area (Å²) in [6.45, 7) is 0. The number of aromatic hydroxyl groups is 1. The van der Waals surface area contributed by atoms with Crippen LogP contribution in [0.15, 0.2) is 59.3 Å². The van der Waals surface area contributed by atoms with Crippen molar-refractivity contribution in [1.29, 1.82) is 0 Å². The summed E-state index contributed by atoms with van der Waals surface area (Å²) in [6, 6.07) is 13.9. The average molecular weight is 337 g/mol. The van der Waals surface area contributed by atoms with Gasteiger partial charge in [0.1, 0.15) is 21.3 Å². The second-order valence-electron chi connectivity index (χ2n) is 5.06. The van der Waals surface area contributed by atoms with Gasteiger partial charge in [-0.15, -0.1) is 11.3 Å². The van der Waals surface area contributed by atoms with Gasteiger partial charge in [0.05, 0.1) is 11.6 Å². The molecule has 7 heteroatoms. The summed E-state index contributed by atoms with van der Waals surface area (Å²) in [5.74, 6) is -0.205. The number of benzene rings is 2. The second kappa shape index (κ2) is 5.78. The zero-order valence-electron chi connectivity index (χ0n) is 12.3. The molecule has 0 saturated heterocycles. The molecule has 0 radical (unpaired) electrons. The van der Waals surface area contributed by atoms with Crippen LogP contribution in [0.1, 0.15) is 9.67 Å². The van der Waals surface area contributed by atoms with Crippen molar-refractivity contribution in [2.24, 2.45) is 0 Å². The van der Waals surface area contributed by atoms with Gasteiger partial charge in [-0.05, 0) is 24.3 Å². The number of carbonyl (C=O) groups excluding carboxylic acids is 1. The van der Waals surface area contributed by atoms with Crippen molar-refractivity contribution in [3.8, 4) is 16.5 Å². The van der Waals surface area contributed by atoms with E-state index in [9.17, 15) is 9.90 Å². The Kier molecular flexibility index (Phi) is 3.47. The first kappa shape index (κ1) is 14.4. The first-order valence-corrected chi connectivity index (χ1v) is 7.93. The highest BCUT2D eigenvalue weighted by Gasteiger charge is 2.16. The van der Waals surface area contributed by atoms with E-state index in [0.29, 0.717) is 26.8 Å². The smallest absolute Gasteiger partial charge is 0.267 e. The van der Waals surface area contributed by atoms with E-state index in [1.807, 2.05) is 24.3 Å². The normalized spacial score (nSPS) is 10.8. The maximum Gasteiger partial charge on any atom is 0.267 e. The molecule has 0 aliphatic heterocycles. The van der Waals surface area contributed by atoms with Crippen molar-refractivity contribution in [3.05, 3.63) is 59.6 Å². The first-order chi connectivity index (χ1) is 11.7. The lowest BCUT2D eigenvalue weighted by atomic mass is 10.2. The highest BCUT2D eigenvalue weighted by Crippen LogP contribution is 2.31. The molecule has 2 N–H and O–H groups in total. The Morgan fingerprint density at radius 3 is 2.92 bits per heavy atom. The number of thiazole rings is 1. The monoisotopic (exact) mass is 337 g/mol. The van der Waals surface area contributed by atoms with E-state index in [-0.39, 0.29) is 11.7 Å². The molecule has 6 nitrogen and oxygen atoms in total. The highest BCUT2D eigenvalue weighted by atomic mass is 32.1. The molecule has 0 spiro atoms. The van der Waals surface area contributed by atoms with Crippen LogP contribution < -0.4 is 5.32 Å². The molecule has 4 aromatic rings. The van der Waals surface area contributed by atoms with Crippen LogP contribution in [-0.2, 0) is 0 Å². The average Bonchev–Trinajstić information content (AvgIpc) is 3.21. The van der Waals surface area contributed by atoms with Crippen LogP contribution in [0, 0.1) is 0 Å². The summed E-state index contributed by atoms with van der Waals surface area (Å²) in [4.78, 5) is 17.0. The van der Waals surface area contributed by atoms with Crippen molar-refractivity contribution in [2.75, 3.05) is 5.32 Å². The number of hydrogen-bond donors (Lipinski definition) is 2. The molecule has 0 bridgehead atoms. The number of nitrogens with zero attached hydrogens (tertiary/aromatic N) is 2. The van der Waals surface area contributed by atoms with E-state index in [1.54, 1.807) is 12.1 Å². The lowest BCUT2D eigenvalue weighted by molar-refractivity contribution is 0.103. The van der Waals surface area contributed by atoms with Crippen molar-refractivity contribution in [2.45, 2.75) is 0 Å². The molecular weight excluding hydrogens is 326 g/mol. The van der Waals surface area contributed by atoms with Gasteiger partial charge < -0.3 is 14.9 Å². The fourth-order valence-electron chi connectivity index (χ4n) is 2.31. The SMILES string of the molecule is O=C(Nc1cccc(O)c1)c1cnc(-c2noc3ccccc23)s1. The largest absolute Gasteiger partial charge is 0.508 e. The number of aromatic nitrogens is 2.